The summed E-state index contributed by atoms with van der Waals surface area (Å²) in [4.78, 5) is 12.0. The molecule has 6 heteroatoms. The third-order valence-electron chi connectivity index (χ3n) is 3.11. The lowest BCUT2D eigenvalue weighted by Crippen LogP contribution is -2.45. The zero-order valence-corrected chi connectivity index (χ0v) is 12.5. The van der Waals surface area contributed by atoms with Crippen molar-refractivity contribution in [1.82, 2.24) is 15.8 Å². The monoisotopic (exact) mass is 287 g/mol. The Morgan fingerprint density at radius 3 is 2.79 bits per heavy atom. The molecule has 0 spiro atoms. The number of carbonyl (C=O) groups is 1. The fourth-order valence-corrected chi connectivity index (χ4v) is 1.97. The molecule has 1 aromatic heterocycles. The number of halogens is 1. The number of nitrogens with zero attached hydrogens (tertiary/aromatic N) is 1. The van der Waals surface area contributed by atoms with E-state index in [9.17, 15) is 4.79 Å². The molecular weight excluding hydrogens is 266 g/mol. The second-order valence-electron chi connectivity index (χ2n) is 5.84. The Balaban J connectivity index is 0.00000180. The van der Waals surface area contributed by atoms with Crippen LogP contribution >= 0.6 is 12.4 Å². The molecule has 0 bridgehead atoms. The van der Waals surface area contributed by atoms with Crippen molar-refractivity contribution >= 4 is 18.3 Å². The normalized spacial score (nSPS) is 19.6. The van der Waals surface area contributed by atoms with Crippen molar-refractivity contribution in [1.29, 1.82) is 0 Å². The summed E-state index contributed by atoms with van der Waals surface area (Å²) in [6, 6.07) is 1.92. The maximum absolute atomic E-state index is 12.0. The molecule has 2 heterocycles. The lowest BCUT2D eigenvalue weighted by molar-refractivity contribution is 0.0921. The third kappa shape index (κ3) is 4.21. The predicted molar refractivity (Wildman–Crippen MR) is 75.8 cm³/mol. The van der Waals surface area contributed by atoms with E-state index in [0.717, 1.165) is 31.7 Å². The van der Waals surface area contributed by atoms with E-state index in [1.807, 2.05) is 20.8 Å². The molecule has 1 fully saturated rings. The summed E-state index contributed by atoms with van der Waals surface area (Å²) < 4.78 is 5.21. The SMILES string of the molecule is CC(C)(C)c1cc(C(=O)N[C@H]2CCCNC2)no1.Cl. The van der Waals surface area contributed by atoms with Crippen LogP contribution in [-0.4, -0.2) is 30.2 Å². The summed E-state index contributed by atoms with van der Waals surface area (Å²) >= 11 is 0. The van der Waals surface area contributed by atoms with Gasteiger partial charge < -0.3 is 15.2 Å². The smallest absolute Gasteiger partial charge is 0.273 e. The second-order valence-corrected chi connectivity index (χ2v) is 5.84. The number of nitrogens with one attached hydrogen (secondary N) is 2. The molecular formula is C13H22ClN3O2. The van der Waals surface area contributed by atoms with Crippen LogP contribution in [0.3, 0.4) is 0 Å². The van der Waals surface area contributed by atoms with Crippen LogP contribution in [0.4, 0.5) is 0 Å². The van der Waals surface area contributed by atoms with Crippen LogP contribution in [0, 0.1) is 0 Å². The van der Waals surface area contributed by atoms with Crippen LogP contribution in [0.25, 0.3) is 0 Å². The van der Waals surface area contributed by atoms with E-state index in [0.29, 0.717) is 5.69 Å². The van der Waals surface area contributed by atoms with Crippen molar-refractivity contribution < 1.29 is 9.32 Å². The summed E-state index contributed by atoms with van der Waals surface area (Å²) in [5, 5.41) is 10.1. The van der Waals surface area contributed by atoms with Crippen molar-refractivity contribution in [3.63, 3.8) is 0 Å². The van der Waals surface area contributed by atoms with Crippen molar-refractivity contribution in [3.05, 3.63) is 17.5 Å². The van der Waals surface area contributed by atoms with Gasteiger partial charge in [0.15, 0.2) is 5.69 Å². The fraction of sp³-hybridized carbons (Fsp3) is 0.692. The van der Waals surface area contributed by atoms with Gasteiger partial charge in [-0.2, -0.15) is 0 Å². The van der Waals surface area contributed by atoms with Crippen LogP contribution in [0.5, 0.6) is 0 Å². The molecule has 5 nitrogen and oxygen atoms in total. The molecule has 2 N–H and O–H groups in total. The Bertz CT molecular complexity index is 420. The lowest BCUT2D eigenvalue weighted by atomic mass is 9.93. The quantitative estimate of drug-likeness (QED) is 0.871. The van der Waals surface area contributed by atoms with Crippen molar-refractivity contribution in [3.8, 4) is 0 Å². The van der Waals surface area contributed by atoms with Gasteiger partial charge in [-0.05, 0) is 19.4 Å². The summed E-state index contributed by atoms with van der Waals surface area (Å²) in [6.07, 6.45) is 2.11. The Kier molecular flexibility index (Phi) is 5.38. The van der Waals surface area contributed by atoms with E-state index >= 15 is 0 Å². The molecule has 19 heavy (non-hydrogen) atoms. The minimum atomic E-state index is -0.150. The first-order valence-corrected chi connectivity index (χ1v) is 6.45. The molecule has 0 aromatic carbocycles. The van der Waals surface area contributed by atoms with Gasteiger partial charge in [0.25, 0.3) is 5.91 Å². The maximum Gasteiger partial charge on any atom is 0.273 e. The molecule has 0 unspecified atom stereocenters. The van der Waals surface area contributed by atoms with Gasteiger partial charge in [0.05, 0.1) is 0 Å². The van der Waals surface area contributed by atoms with E-state index in [4.69, 9.17) is 4.52 Å². The van der Waals surface area contributed by atoms with E-state index < -0.39 is 0 Å². The Labute approximate surface area is 119 Å². The van der Waals surface area contributed by atoms with Crippen molar-refractivity contribution in [2.75, 3.05) is 13.1 Å². The highest BCUT2D eigenvalue weighted by Gasteiger charge is 2.23. The van der Waals surface area contributed by atoms with Gasteiger partial charge in [-0.3, -0.25) is 4.79 Å². The molecule has 1 atom stereocenters. The Morgan fingerprint density at radius 1 is 1.53 bits per heavy atom. The highest BCUT2D eigenvalue weighted by atomic mass is 35.5. The van der Waals surface area contributed by atoms with E-state index in [2.05, 4.69) is 15.8 Å². The predicted octanol–water partition coefficient (Wildman–Crippen LogP) is 1.88. The number of rotatable bonds is 2. The number of aromatic nitrogens is 1. The van der Waals surface area contributed by atoms with E-state index in [1.54, 1.807) is 6.07 Å². The number of amides is 1. The largest absolute Gasteiger partial charge is 0.360 e. The minimum Gasteiger partial charge on any atom is -0.360 e. The number of hydrogen-bond acceptors (Lipinski definition) is 4. The maximum atomic E-state index is 12.0. The van der Waals surface area contributed by atoms with Crippen LogP contribution in [0.1, 0.15) is 49.9 Å². The average Bonchev–Trinajstić information content (AvgIpc) is 2.79. The van der Waals surface area contributed by atoms with Crippen molar-refractivity contribution in [2.45, 2.75) is 45.1 Å². The van der Waals surface area contributed by atoms with Gasteiger partial charge in [0, 0.05) is 24.1 Å². The summed E-state index contributed by atoms with van der Waals surface area (Å²) in [7, 11) is 0. The molecule has 1 saturated heterocycles. The van der Waals surface area contributed by atoms with E-state index in [-0.39, 0.29) is 29.8 Å². The van der Waals surface area contributed by atoms with Crippen LogP contribution < -0.4 is 10.6 Å². The first-order chi connectivity index (χ1) is 8.47. The van der Waals surface area contributed by atoms with Gasteiger partial charge in [0.2, 0.25) is 0 Å². The standard InChI is InChI=1S/C13H21N3O2.ClH/c1-13(2,3)11-7-10(16-18-11)12(17)15-9-5-4-6-14-8-9;/h7,9,14H,4-6,8H2,1-3H3,(H,15,17);1H/t9-;/m0./s1. The third-order valence-corrected chi connectivity index (χ3v) is 3.11. The highest BCUT2D eigenvalue weighted by Crippen LogP contribution is 2.22. The second kappa shape index (κ2) is 6.39. The molecule has 108 valence electrons. The summed E-state index contributed by atoms with van der Waals surface area (Å²) in [6.45, 7) is 7.95. The van der Waals surface area contributed by atoms with E-state index in [1.165, 1.54) is 0 Å². The Morgan fingerprint density at radius 2 is 2.26 bits per heavy atom. The number of piperidine rings is 1. The highest BCUT2D eigenvalue weighted by molar-refractivity contribution is 5.92. The lowest BCUT2D eigenvalue weighted by Gasteiger charge is -2.23. The van der Waals surface area contributed by atoms with Gasteiger partial charge in [-0.15, -0.1) is 12.4 Å². The molecule has 1 aliphatic heterocycles. The first kappa shape index (κ1) is 16.0. The van der Waals surface area contributed by atoms with Gasteiger partial charge in [-0.25, -0.2) is 0 Å². The minimum absolute atomic E-state index is 0. The first-order valence-electron chi connectivity index (χ1n) is 6.45. The summed E-state index contributed by atoms with van der Waals surface area (Å²) in [5.41, 5.74) is 0.239. The Hall–Kier alpha value is -1.07. The molecule has 1 amide bonds. The van der Waals surface area contributed by atoms with Crippen LogP contribution in [0.2, 0.25) is 0 Å². The zero-order chi connectivity index (χ0) is 13.2. The fourth-order valence-electron chi connectivity index (χ4n) is 1.97. The van der Waals surface area contributed by atoms with Crippen LogP contribution in [-0.2, 0) is 5.41 Å². The molecule has 1 aromatic rings. The molecule has 0 aliphatic carbocycles. The molecule has 2 rings (SSSR count). The molecule has 0 saturated carbocycles. The number of carbonyl (C=O) groups excluding carboxylic acids is 1. The van der Waals surface area contributed by atoms with Crippen molar-refractivity contribution in [2.24, 2.45) is 0 Å². The van der Waals surface area contributed by atoms with Crippen LogP contribution in [0.15, 0.2) is 10.6 Å². The summed E-state index contributed by atoms with van der Waals surface area (Å²) in [5.74, 6) is 0.581. The molecule has 1 aliphatic rings. The molecule has 0 radical (unpaired) electrons. The topological polar surface area (TPSA) is 67.2 Å². The van der Waals surface area contributed by atoms with Gasteiger partial charge in [-0.1, -0.05) is 25.9 Å². The van der Waals surface area contributed by atoms with Gasteiger partial charge >= 0.3 is 0 Å². The average molecular weight is 288 g/mol. The zero-order valence-electron chi connectivity index (χ0n) is 11.7. The number of hydrogen-bond donors (Lipinski definition) is 2. The van der Waals surface area contributed by atoms with Gasteiger partial charge in [0.1, 0.15) is 5.76 Å².